The van der Waals surface area contributed by atoms with Crippen LogP contribution in [0.3, 0.4) is 0 Å². The van der Waals surface area contributed by atoms with Gasteiger partial charge in [-0.3, -0.25) is 38.7 Å². The number of ether oxygens (including phenoxy) is 2. The van der Waals surface area contributed by atoms with E-state index in [9.17, 15) is 29.1 Å². The second kappa shape index (κ2) is 21.7. The van der Waals surface area contributed by atoms with Crippen molar-refractivity contribution in [2.45, 2.75) is 86.0 Å². The summed E-state index contributed by atoms with van der Waals surface area (Å²) in [7, 11) is 0. The van der Waals surface area contributed by atoms with Crippen molar-refractivity contribution in [1.29, 1.82) is 0 Å². The number of nitrogens with two attached hydrogens (primary N) is 2. The predicted molar refractivity (Wildman–Crippen MR) is 255 cm³/mol. The zero-order valence-corrected chi connectivity index (χ0v) is 38.8. The largest absolute Gasteiger partial charge is 0.491 e. The number of hydrogen-bond acceptors (Lipinski definition) is 13. The van der Waals surface area contributed by atoms with E-state index in [2.05, 4.69) is 20.8 Å². The molecule has 69 heavy (non-hydrogen) atoms. The number of hydrogen-bond donors (Lipinski definition) is 6. The molecule has 0 aliphatic carbocycles. The van der Waals surface area contributed by atoms with Gasteiger partial charge in [0.2, 0.25) is 23.7 Å². The molecule has 0 aliphatic rings. The van der Waals surface area contributed by atoms with Crippen molar-refractivity contribution in [1.82, 2.24) is 49.0 Å². The number of aryl methyl sites for hydroxylation is 4. The Morgan fingerprint density at radius 3 is 2.09 bits per heavy atom. The number of amides is 4. The number of aliphatic hydroxyl groups is 1. The molecular formula is C47H55N13O9. The van der Waals surface area contributed by atoms with Gasteiger partial charge in [0.1, 0.15) is 34.1 Å². The molecule has 7 rings (SSSR count). The number of aromatic nitrogens is 9. The Morgan fingerprint density at radius 1 is 0.754 bits per heavy atom. The van der Waals surface area contributed by atoms with Crippen LogP contribution in [0.2, 0.25) is 0 Å². The quantitative estimate of drug-likeness (QED) is 0.0365. The van der Waals surface area contributed by atoms with E-state index in [0.717, 1.165) is 5.69 Å². The maximum Gasteiger partial charge on any atom is 0.303 e. The van der Waals surface area contributed by atoms with Crippen molar-refractivity contribution in [2.24, 2.45) is 11.5 Å². The maximum atomic E-state index is 13.8. The summed E-state index contributed by atoms with van der Waals surface area (Å²) in [6.07, 6.45) is 6.35. The number of nitrogens with one attached hydrogen (secondary N) is 2. The van der Waals surface area contributed by atoms with Crippen LogP contribution in [0.15, 0.2) is 54.7 Å². The molecular weight excluding hydrogens is 891 g/mol. The molecule has 0 aliphatic heterocycles. The molecule has 4 amide bonds. The first kappa shape index (κ1) is 48.8. The number of primary amides is 2. The van der Waals surface area contributed by atoms with Gasteiger partial charge in [0.05, 0.1) is 35.6 Å². The standard InChI is InChI=1S/C47H55N13O9/c1-5-59-34(20-27(3)55-59)44-51-26-32-31-22-29(42(48)65)24-36(68-18-10-14-50-38(62)12-9-13-39(63)64)40(31)57(45(32)53-44)15-7-8-16-58-41-33(23-30(43(49)66)25-37(41)69-19-11-17-61)52-47(58)54-46(67)35-21-28(4)56-60(35)6-2/h7-8,20-26,61H,5-6,9-19H2,1-4H3,(H2,48,65)(H2,49,66)(H,50,62)(H,63,64)(H,52,54,67)/b8-7+. The topological polar surface area (TPSA) is 305 Å². The van der Waals surface area contributed by atoms with Gasteiger partial charge in [-0.15, -0.1) is 0 Å². The van der Waals surface area contributed by atoms with Gasteiger partial charge >= 0.3 is 5.97 Å². The minimum absolute atomic E-state index is 0.0810. The van der Waals surface area contributed by atoms with Gasteiger partial charge in [-0.2, -0.15) is 10.2 Å². The number of imidazole rings is 1. The second-order valence-corrected chi connectivity index (χ2v) is 16.2. The van der Waals surface area contributed by atoms with Crippen LogP contribution in [0.1, 0.15) is 88.5 Å². The summed E-state index contributed by atoms with van der Waals surface area (Å²) in [5, 5.41) is 34.4. The Kier molecular flexibility index (Phi) is 15.3. The highest BCUT2D eigenvalue weighted by atomic mass is 16.5. The van der Waals surface area contributed by atoms with Crippen molar-refractivity contribution in [3.63, 3.8) is 0 Å². The Morgan fingerprint density at radius 2 is 1.41 bits per heavy atom. The number of carbonyl (C=O) groups excluding carboxylic acids is 4. The molecule has 22 nitrogen and oxygen atoms in total. The number of carboxylic acids is 1. The third-order valence-corrected chi connectivity index (χ3v) is 11.1. The van der Waals surface area contributed by atoms with Crippen molar-refractivity contribution in [3.8, 4) is 23.0 Å². The summed E-state index contributed by atoms with van der Waals surface area (Å²) >= 11 is 0. The van der Waals surface area contributed by atoms with Gasteiger partial charge < -0.3 is 45.6 Å². The number of fused-ring (bicyclic) bond motifs is 4. The summed E-state index contributed by atoms with van der Waals surface area (Å²) in [6.45, 7) is 9.27. The lowest BCUT2D eigenvalue weighted by Gasteiger charge is -2.13. The van der Waals surface area contributed by atoms with E-state index in [1.54, 1.807) is 40.6 Å². The van der Waals surface area contributed by atoms with Gasteiger partial charge in [0.15, 0.2) is 5.82 Å². The smallest absolute Gasteiger partial charge is 0.303 e. The van der Waals surface area contributed by atoms with Gasteiger partial charge in [-0.25, -0.2) is 15.0 Å². The highest BCUT2D eigenvalue weighted by molar-refractivity contribution is 6.12. The van der Waals surface area contributed by atoms with Crippen molar-refractivity contribution < 1.29 is 43.7 Å². The summed E-state index contributed by atoms with van der Waals surface area (Å²) in [4.78, 5) is 76.8. The number of carboxylic acid groups (broad SMARTS) is 1. The predicted octanol–water partition coefficient (Wildman–Crippen LogP) is 4.26. The molecule has 5 aromatic heterocycles. The number of anilines is 1. The first-order valence-corrected chi connectivity index (χ1v) is 22.6. The molecule has 0 atom stereocenters. The SMILES string of the molecule is CCn1nc(C)cc1C(=O)Nc1nc2cc(C(N)=O)cc(OCCCO)c2n1C/C=C/Cn1c2nc(-c3cc(C)nn3CC)ncc2c2cc(C(N)=O)cc(OCCCNC(=O)CCCC(=O)O)c21. The highest BCUT2D eigenvalue weighted by Crippen LogP contribution is 2.37. The molecule has 0 bridgehead atoms. The summed E-state index contributed by atoms with van der Waals surface area (Å²) in [5.74, 6) is -1.91. The molecule has 362 valence electrons. The van der Waals surface area contributed by atoms with Crippen LogP contribution in [-0.4, -0.2) is 110 Å². The lowest BCUT2D eigenvalue weighted by molar-refractivity contribution is -0.137. The Balaban J connectivity index is 1.29. The van der Waals surface area contributed by atoms with Crippen molar-refractivity contribution >= 4 is 68.5 Å². The van der Waals surface area contributed by atoms with Crippen molar-refractivity contribution in [2.75, 3.05) is 31.7 Å². The van der Waals surface area contributed by atoms with Crippen LogP contribution in [0.4, 0.5) is 5.95 Å². The Bertz CT molecular complexity index is 3110. The zero-order chi connectivity index (χ0) is 49.4. The van der Waals surface area contributed by atoms with Crippen molar-refractivity contribution in [3.05, 3.63) is 83.0 Å². The molecule has 0 saturated carbocycles. The van der Waals surface area contributed by atoms with Crippen LogP contribution in [0.5, 0.6) is 11.5 Å². The van der Waals surface area contributed by atoms with E-state index in [1.165, 1.54) is 12.1 Å². The monoisotopic (exact) mass is 945 g/mol. The average molecular weight is 946 g/mol. The van der Waals surface area contributed by atoms with E-state index >= 15 is 0 Å². The van der Waals surface area contributed by atoms with E-state index in [0.29, 0.717) is 87.6 Å². The fourth-order valence-corrected chi connectivity index (χ4v) is 7.95. The fourth-order valence-electron chi connectivity index (χ4n) is 7.95. The number of allylic oxidation sites excluding steroid dienone is 2. The molecule has 8 N–H and O–H groups in total. The molecule has 22 heteroatoms. The van der Waals surface area contributed by atoms with Gasteiger partial charge in [0.25, 0.3) is 5.91 Å². The molecule has 7 aromatic rings. The molecule has 0 unspecified atom stereocenters. The van der Waals surface area contributed by atoms with Crippen LogP contribution in [0.25, 0.3) is 44.5 Å². The van der Waals surface area contributed by atoms with Gasteiger partial charge in [-0.05, 0) is 76.9 Å². The summed E-state index contributed by atoms with van der Waals surface area (Å²) < 4.78 is 19.5. The number of aliphatic carboxylic acids is 1. The Labute approximate surface area is 395 Å². The van der Waals surface area contributed by atoms with Crippen LogP contribution in [-0.2, 0) is 35.8 Å². The number of rotatable bonds is 24. The van der Waals surface area contributed by atoms with Gasteiger partial charge in [0, 0.05) is 86.7 Å². The summed E-state index contributed by atoms with van der Waals surface area (Å²) in [5.41, 5.74) is 16.3. The Hall–Kier alpha value is -8.14. The van der Waals surface area contributed by atoms with Gasteiger partial charge in [-0.1, -0.05) is 12.2 Å². The molecule has 0 spiro atoms. The number of benzene rings is 2. The minimum atomic E-state index is -0.969. The molecule has 0 radical (unpaired) electrons. The first-order chi connectivity index (χ1) is 33.2. The van der Waals surface area contributed by atoms with E-state index < -0.39 is 23.7 Å². The molecule has 0 saturated heterocycles. The van der Waals surface area contributed by atoms with Crippen LogP contribution >= 0.6 is 0 Å². The van der Waals surface area contributed by atoms with E-state index in [4.69, 9.17) is 41.0 Å². The summed E-state index contributed by atoms with van der Waals surface area (Å²) in [6, 6.07) is 9.84. The third kappa shape index (κ3) is 11.0. The second-order valence-electron chi connectivity index (χ2n) is 16.2. The van der Waals surface area contributed by atoms with E-state index in [-0.39, 0.29) is 87.4 Å². The van der Waals surface area contributed by atoms with E-state index in [1.807, 2.05) is 48.2 Å². The zero-order valence-electron chi connectivity index (χ0n) is 38.8. The number of carbonyl (C=O) groups is 5. The lowest BCUT2D eigenvalue weighted by atomic mass is 10.1. The third-order valence-electron chi connectivity index (χ3n) is 11.1. The molecule has 5 heterocycles. The molecule has 2 aromatic carbocycles. The normalized spacial score (nSPS) is 11.6. The number of aliphatic hydroxyl groups excluding tert-OH is 1. The average Bonchev–Trinajstić information content (AvgIpc) is 4.08. The minimum Gasteiger partial charge on any atom is -0.491 e. The van der Waals surface area contributed by atoms with Crippen LogP contribution < -0.4 is 31.6 Å². The van der Waals surface area contributed by atoms with Crippen LogP contribution in [0, 0.1) is 13.8 Å². The molecule has 0 fully saturated rings. The number of nitrogens with zero attached hydrogens (tertiary/aromatic N) is 9. The first-order valence-electron chi connectivity index (χ1n) is 22.6. The lowest BCUT2D eigenvalue weighted by Crippen LogP contribution is -2.25. The maximum absolute atomic E-state index is 13.8. The fraction of sp³-hybridized carbons (Fsp3) is 0.362. The highest BCUT2D eigenvalue weighted by Gasteiger charge is 2.24.